The minimum atomic E-state index is -0.682. The van der Waals surface area contributed by atoms with Gasteiger partial charge >= 0.3 is 0 Å². The molecule has 15 heavy (non-hydrogen) atoms. The minimum absolute atomic E-state index is 0.345. The Balaban J connectivity index is 1.62. The summed E-state index contributed by atoms with van der Waals surface area (Å²) in [5.74, 6) is 0. The Bertz CT molecular complexity index is 147. The molecule has 0 spiro atoms. The van der Waals surface area contributed by atoms with E-state index in [-0.39, 0.29) is 9.76 Å². The second-order valence-corrected chi connectivity index (χ2v) is 10.5. The lowest BCUT2D eigenvalue weighted by atomic mass is 10.5. The summed E-state index contributed by atoms with van der Waals surface area (Å²) in [7, 11) is -0.872. The lowest BCUT2D eigenvalue weighted by Gasteiger charge is -2.04. The Labute approximate surface area is 101 Å². The Morgan fingerprint density at radius 1 is 1.33 bits per heavy atom. The van der Waals surface area contributed by atoms with Crippen molar-refractivity contribution in [3.63, 3.8) is 0 Å². The zero-order chi connectivity index (χ0) is 10.8. The van der Waals surface area contributed by atoms with E-state index in [0.717, 1.165) is 36.7 Å². The van der Waals surface area contributed by atoms with E-state index in [1.165, 1.54) is 6.04 Å². The second kappa shape index (κ2) is 9.86. The Morgan fingerprint density at radius 2 is 2.20 bits per heavy atom. The van der Waals surface area contributed by atoms with Gasteiger partial charge in [-0.25, -0.2) is 0 Å². The maximum Gasteiger partial charge on any atom is 0.284 e. The SMILES string of the molecule is [SiH3]O[SiH2]O[SiH2]O[SiH2]CCCOCC1CO1. The van der Waals surface area contributed by atoms with Crippen molar-refractivity contribution in [2.45, 2.75) is 18.6 Å². The molecule has 0 aromatic heterocycles. The fourth-order valence-corrected chi connectivity index (χ4v) is 6.69. The van der Waals surface area contributed by atoms with Crippen molar-refractivity contribution < 1.29 is 21.8 Å². The number of epoxide rings is 1. The summed E-state index contributed by atoms with van der Waals surface area (Å²) in [6.45, 7) is 2.49. The van der Waals surface area contributed by atoms with Gasteiger partial charge in [-0.05, 0) is 12.5 Å². The first-order valence-electron chi connectivity index (χ1n) is 5.27. The average Bonchev–Trinajstić information content (AvgIpc) is 3.05. The number of ether oxygens (including phenoxy) is 2. The Kier molecular flexibility index (Phi) is 9.03. The van der Waals surface area contributed by atoms with Crippen LogP contribution in [-0.2, 0) is 21.8 Å². The van der Waals surface area contributed by atoms with Crippen LogP contribution in [-0.4, -0.2) is 66.2 Å². The molecule has 1 rings (SSSR count). The van der Waals surface area contributed by atoms with E-state index in [0.29, 0.717) is 6.10 Å². The summed E-state index contributed by atoms with van der Waals surface area (Å²) in [6.07, 6.45) is 1.50. The van der Waals surface area contributed by atoms with Crippen molar-refractivity contribution in [1.29, 1.82) is 0 Å². The number of hydrogen-bond donors (Lipinski definition) is 0. The van der Waals surface area contributed by atoms with E-state index in [1.54, 1.807) is 0 Å². The van der Waals surface area contributed by atoms with E-state index < -0.39 is 20.0 Å². The van der Waals surface area contributed by atoms with Crippen molar-refractivity contribution in [2.75, 3.05) is 19.8 Å². The third-order valence-corrected chi connectivity index (χ3v) is 6.79. The molecule has 0 amide bonds. The molecule has 0 radical (unpaired) electrons. The number of rotatable bonds is 11. The highest BCUT2D eigenvalue weighted by Crippen LogP contribution is 2.08. The molecule has 0 aromatic rings. The molecular weight excluding hydrogens is 264 g/mol. The quantitative estimate of drug-likeness (QED) is 0.225. The first-order valence-corrected chi connectivity index (χ1v) is 9.97. The summed E-state index contributed by atoms with van der Waals surface area (Å²) in [4.78, 5) is 0. The molecule has 0 aliphatic carbocycles. The van der Waals surface area contributed by atoms with Gasteiger partial charge in [0.05, 0.1) is 13.2 Å². The summed E-state index contributed by atoms with van der Waals surface area (Å²) in [6, 6.07) is 1.19. The van der Waals surface area contributed by atoms with Crippen molar-refractivity contribution in [3.8, 4) is 0 Å². The van der Waals surface area contributed by atoms with Crippen LogP contribution in [0.5, 0.6) is 0 Å². The highest BCUT2D eigenvalue weighted by Gasteiger charge is 2.21. The third-order valence-electron chi connectivity index (χ3n) is 1.90. The molecule has 1 aliphatic rings. The van der Waals surface area contributed by atoms with Gasteiger partial charge < -0.3 is 21.8 Å². The largest absolute Gasteiger partial charge is 0.449 e. The molecule has 1 atom stereocenters. The van der Waals surface area contributed by atoms with Crippen LogP contribution in [0.2, 0.25) is 6.04 Å². The topological polar surface area (TPSA) is 49.5 Å². The van der Waals surface area contributed by atoms with Crippen LogP contribution in [0.3, 0.4) is 0 Å². The fraction of sp³-hybridized carbons (Fsp3) is 1.00. The Morgan fingerprint density at radius 3 is 2.93 bits per heavy atom. The van der Waals surface area contributed by atoms with E-state index in [1.807, 2.05) is 0 Å². The van der Waals surface area contributed by atoms with Gasteiger partial charge in [0.2, 0.25) is 0 Å². The van der Waals surface area contributed by atoms with Crippen LogP contribution in [0.4, 0.5) is 0 Å². The molecule has 1 heterocycles. The lowest BCUT2D eigenvalue weighted by molar-refractivity contribution is 0.117. The minimum Gasteiger partial charge on any atom is -0.449 e. The van der Waals surface area contributed by atoms with Crippen LogP contribution in [0, 0.1) is 0 Å². The van der Waals surface area contributed by atoms with Crippen LogP contribution >= 0.6 is 0 Å². The third kappa shape index (κ3) is 9.59. The summed E-state index contributed by atoms with van der Waals surface area (Å²) in [5, 5.41) is 0. The molecule has 1 saturated heterocycles. The maximum atomic E-state index is 5.52. The van der Waals surface area contributed by atoms with Crippen LogP contribution < -0.4 is 0 Å². The van der Waals surface area contributed by atoms with Crippen molar-refractivity contribution in [1.82, 2.24) is 0 Å². The van der Waals surface area contributed by atoms with Crippen molar-refractivity contribution >= 4 is 40.3 Å². The maximum absolute atomic E-state index is 5.52. The summed E-state index contributed by atoms with van der Waals surface area (Å²) < 4.78 is 26.3. The van der Waals surface area contributed by atoms with Gasteiger partial charge in [-0.1, -0.05) is 0 Å². The number of hydrogen-bond acceptors (Lipinski definition) is 5. The normalized spacial score (nSPS) is 22.0. The van der Waals surface area contributed by atoms with Gasteiger partial charge in [-0.15, -0.1) is 0 Å². The van der Waals surface area contributed by atoms with E-state index >= 15 is 0 Å². The van der Waals surface area contributed by atoms with Crippen molar-refractivity contribution in [3.05, 3.63) is 0 Å². The van der Waals surface area contributed by atoms with Gasteiger partial charge in [0.15, 0.2) is 0 Å². The smallest absolute Gasteiger partial charge is 0.284 e. The van der Waals surface area contributed by atoms with Crippen LogP contribution in [0.15, 0.2) is 0 Å². The van der Waals surface area contributed by atoms with E-state index in [4.69, 9.17) is 21.8 Å². The van der Waals surface area contributed by atoms with Gasteiger partial charge in [0, 0.05) is 6.61 Å². The summed E-state index contributed by atoms with van der Waals surface area (Å²) >= 11 is 0. The van der Waals surface area contributed by atoms with E-state index in [9.17, 15) is 0 Å². The predicted octanol–water partition coefficient (Wildman–Crippen LogP) is -3.38. The van der Waals surface area contributed by atoms with Crippen LogP contribution in [0.1, 0.15) is 6.42 Å². The predicted molar refractivity (Wildman–Crippen MR) is 68.8 cm³/mol. The first kappa shape index (κ1) is 13.7. The molecule has 1 aliphatic heterocycles. The molecule has 0 bridgehead atoms. The molecular formula is C6H20O5Si4. The standard InChI is InChI=1S/C6H20O5Si4/c12-9-14-11-15-10-13-3-1-2-7-4-6-5-8-6/h6H,1-5,13-15H2,12H3. The van der Waals surface area contributed by atoms with Crippen LogP contribution in [0.25, 0.3) is 0 Å². The zero-order valence-corrected chi connectivity index (χ0v) is 15.5. The van der Waals surface area contributed by atoms with Gasteiger partial charge in [0.1, 0.15) is 26.4 Å². The van der Waals surface area contributed by atoms with Crippen molar-refractivity contribution in [2.24, 2.45) is 0 Å². The molecule has 1 unspecified atom stereocenters. The second-order valence-electron chi connectivity index (χ2n) is 3.37. The Hall–Kier alpha value is 0.668. The van der Waals surface area contributed by atoms with Gasteiger partial charge in [-0.2, -0.15) is 0 Å². The van der Waals surface area contributed by atoms with E-state index in [2.05, 4.69) is 0 Å². The molecule has 1 fully saturated rings. The highest BCUT2D eigenvalue weighted by molar-refractivity contribution is 6.44. The molecule has 0 N–H and O–H groups in total. The molecule has 90 valence electrons. The average molecular weight is 285 g/mol. The molecule has 0 aromatic carbocycles. The zero-order valence-electron chi connectivity index (χ0n) is 9.28. The molecule has 9 heteroatoms. The lowest BCUT2D eigenvalue weighted by Crippen LogP contribution is -2.13. The summed E-state index contributed by atoms with van der Waals surface area (Å²) in [5.41, 5.74) is 0. The fourth-order valence-electron chi connectivity index (χ4n) is 1.02. The monoisotopic (exact) mass is 284 g/mol. The van der Waals surface area contributed by atoms with Gasteiger partial charge in [-0.3, -0.25) is 0 Å². The molecule has 5 nitrogen and oxygen atoms in total. The molecule has 0 saturated carbocycles. The highest BCUT2D eigenvalue weighted by atomic mass is 28.4. The van der Waals surface area contributed by atoms with Gasteiger partial charge in [0.25, 0.3) is 20.0 Å². The first-order chi connectivity index (χ1) is 7.43.